The van der Waals surface area contributed by atoms with Crippen LogP contribution in [-0.4, -0.2) is 40.5 Å². The van der Waals surface area contributed by atoms with Crippen LogP contribution in [0.25, 0.3) is 10.2 Å². The quantitative estimate of drug-likeness (QED) is 0.552. The number of hydrogen-bond acceptors (Lipinski definition) is 7. The summed E-state index contributed by atoms with van der Waals surface area (Å²) in [4.78, 5) is 38.4. The van der Waals surface area contributed by atoms with Gasteiger partial charge in [-0.1, -0.05) is 26.7 Å². The zero-order chi connectivity index (χ0) is 21.8. The van der Waals surface area contributed by atoms with Gasteiger partial charge in [-0.15, -0.1) is 11.3 Å². The van der Waals surface area contributed by atoms with Crippen LogP contribution in [0.15, 0.2) is 40.1 Å². The maximum Gasteiger partial charge on any atom is 0.291 e. The van der Waals surface area contributed by atoms with E-state index in [1.54, 1.807) is 24.4 Å². The van der Waals surface area contributed by atoms with E-state index in [1.807, 2.05) is 6.34 Å². The lowest BCUT2D eigenvalue weighted by molar-refractivity contribution is 0.0946. The van der Waals surface area contributed by atoms with E-state index >= 15 is 0 Å². The van der Waals surface area contributed by atoms with Gasteiger partial charge in [-0.05, 0) is 31.0 Å². The summed E-state index contributed by atoms with van der Waals surface area (Å²) < 4.78 is 5.19. The van der Waals surface area contributed by atoms with Crippen molar-refractivity contribution >= 4 is 45.3 Å². The van der Waals surface area contributed by atoms with Gasteiger partial charge in [-0.25, -0.2) is 4.98 Å². The molecule has 4 rings (SSSR count). The van der Waals surface area contributed by atoms with Crippen molar-refractivity contribution < 1.29 is 14.0 Å². The summed E-state index contributed by atoms with van der Waals surface area (Å²) in [5.41, 5.74) is 1.44. The number of aliphatic imine (C=N–C) groups is 1. The molecule has 1 N–H and O–H groups in total. The first-order valence-corrected chi connectivity index (χ1v) is 11.5. The number of carbonyl (C=O) groups is 2. The SMILES string of the molecule is CCCC(CCC)N1C=NCc2c(sc3nccc(NC(=O)c4ccco4)c23)C(=O)C1. The minimum Gasteiger partial charge on any atom is -0.459 e. The molecule has 0 aromatic carbocycles. The second-order valence-electron chi connectivity index (χ2n) is 7.66. The maximum atomic E-state index is 13.2. The Hall–Kier alpha value is -3.00. The molecule has 1 aliphatic heterocycles. The second kappa shape index (κ2) is 9.43. The lowest BCUT2D eigenvalue weighted by atomic mass is 10.0. The van der Waals surface area contributed by atoms with E-state index in [1.165, 1.54) is 17.6 Å². The highest BCUT2D eigenvalue weighted by Gasteiger charge is 2.26. The van der Waals surface area contributed by atoms with Gasteiger partial charge in [0, 0.05) is 23.2 Å². The van der Waals surface area contributed by atoms with Crippen LogP contribution < -0.4 is 5.32 Å². The number of thiophene rings is 1. The molecule has 4 heterocycles. The van der Waals surface area contributed by atoms with Crippen LogP contribution in [0.1, 0.15) is 65.3 Å². The summed E-state index contributed by atoms with van der Waals surface area (Å²) >= 11 is 1.37. The standard InChI is InChI=1S/C23H26N4O3S/c1-3-6-15(7-4-2)27-13-18(28)21-16(12-24-14-27)20-17(9-10-25-23(20)31-21)26-22(29)19-8-5-11-30-19/h5,8-11,14-15H,3-4,6-7,12-13H2,1-2H3,(H,25,26,29). The van der Waals surface area contributed by atoms with Crippen LogP contribution in [0.3, 0.4) is 0 Å². The second-order valence-corrected chi connectivity index (χ2v) is 8.66. The molecular weight excluding hydrogens is 412 g/mol. The number of carbonyl (C=O) groups excluding carboxylic acids is 2. The van der Waals surface area contributed by atoms with E-state index in [0.717, 1.165) is 41.5 Å². The van der Waals surface area contributed by atoms with Crippen molar-refractivity contribution in [3.8, 4) is 0 Å². The number of nitrogens with one attached hydrogen (secondary N) is 1. The molecule has 0 radical (unpaired) electrons. The zero-order valence-electron chi connectivity index (χ0n) is 17.8. The molecule has 1 amide bonds. The third-order valence-corrected chi connectivity index (χ3v) is 6.64. The molecule has 3 aromatic rings. The lowest BCUT2D eigenvalue weighted by Crippen LogP contribution is -2.38. The van der Waals surface area contributed by atoms with Crippen LogP contribution in [0.5, 0.6) is 0 Å². The Morgan fingerprint density at radius 1 is 1.29 bits per heavy atom. The van der Waals surface area contributed by atoms with Crippen LogP contribution >= 0.6 is 11.3 Å². The van der Waals surface area contributed by atoms with E-state index in [-0.39, 0.29) is 17.5 Å². The molecule has 8 heteroatoms. The van der Waals surface area contributed by atoms with Crippen molar-refractivity contribution in [3.05, 3.63) is 46.9 Å². The molecule has 0 bridgehead atoms. The Morgan fingerprint density at radius 3 is 2.81 bits per heavy atom. The number of pyridine rings is 1. The van der Waals surface area contributed by atoms with Gasteiger partial charge in [0.25, 0.3) is 5.91 Å². The molecule has 0 saturated heterocycles. The number of anilines is 1. The number of aromatic nitrogens is 1. The van der Waals surface area contributed by atoms with Crippen LogP contribution in [0, 0.1) is 0 Å². The van der Waals surface area contributed by atoms with E-state index < -0.39 is 0 Å². The summed E-state index contributed by atoms with van der Waals surface area (Å²) in [6, 6.07) is 5.34. The molecule has 162 valence electrons. The largest absolute Gasteiger partial charge is 0.459 e. The number of hydrogen-bond donors (Lipinski definition) is 1. The molecule has 31 heavy (non-hydrogen) atoms. The number of nitrogens with zero attached hydrogens (tertiary/aromatic N) is 3. The predicted octanol–water partition coefficient (Wildman–Crippen LogP) is 5.14. The normalized spacial score (nSPS) is 14.0. The first-order valence-electron chi connectivity index (χ1n) is 10.7. The molecule has 0 aliphatic carbocycles. The van der Waals surface area contributed by atoms with E-state index in [0.29, 0.717) is 29.7 Å². The van der Waals surface area contributed by atoms with E-state index in [9.17, 15) is 9.59 Å². The van der Waals surface area contributed by atoms with Gasteiger partial charge in [-0.3, -0.25) is 14.6 Å². The van der Waals surface area contributed by atoms with Crippen molar-refractivity contribution in [2.45, 2.75) is 52.1 Å². The smallest absolute Gasteiger partial charge is 0.291 e. The van der Waals surface area contributed by atoms with Crippen molar-refractivity contribution in [2.75, 3.05) is 11.9 Å². The molecule has 0 atom stereocenters. The number of Topliss-reactive ketones (excluding diaryl/α,β-unsaturated/α-hetero) is 1. The number of furan rings is 1. The fourth-order valence-electron chi connectivity index (χ4n) is 4.04. The minimum atomic E-state index is -0.341. The summed E-state index contributed by atoms with van der Waals surface area (Å²) in [6.07, 6.45) is 9.15. The Kier molecular flexibility index (Phi) is 6.46. The van der Waals surface area contributed by atoms with Crippen molar-refractivity contribution in [3.63, 3.8) is 0 Å². The van der Waals surface area contributed by atoms with Gasteiger partial charge in [0.05, 0.1) is 36.3 Å². The number of ketones is 1. The van der Waals surface area contributed by atoms with Gasteiger partial charge < -0.3 is 14.6 Å². The van der Waals surface area contributed by atoms with E-state index in [2.05, 4.69) is 34.0 Å². The Morgan fingerprint density at radius 2 is 2.10 bits per heavy atom. The monoisotopic (exact) mass is 438 g/mol. The van der Waals surface area contributed by atoms with Gasteiger partial charge in [0.1, 0.15) is 4.83 Å². The van der Waals surface area contributed by atoms with Crippen molar-refractivity contribution in [2.24, 2.45) is 4.99 Å². The molecule has 0 unspecified atom stereocenters. The summed E-state index contributed by atoms with van der Waals surface area (Å²) in [5.74, 6) is -0.0401. The van der Waals surface area contributed by atoms with Gasteiger partial charge in [0.2, 0.25) is 0 Å². The molecular formula is C23H26N4O3S. The van der Waals surface area contributed by atoms with Crippen LogP contribution in [0.4, 0.5) is 5.69 Å². The van der Waals surface area contributed by atoms with Crippen LogP contribution in [-0.2, 0) is 6.54 Å². The van der Waals surface area contributed by atoms with Crippen LogP contribution in [0.2, 0.25) is 0 Å². The van der Waals surface area contributed by atoms with Gasteiger partial charge >= 0.3 is 0 Å². The van der Waals surface area contributed by atoms with Crippen molar-refractivity contribution in [1.82, 2.24) is 9.88 Å². The highest BCUT2D eigenvalue weighted by Crippen LogP contribution is 2.36. The first kappa shape index (κ1) is 21.2. The fourth-order valence-corrected chi connectivity index (χ4v) is 5.15. The highest BCUT2D eigenvalue weighted by molar-refractivity contribution is 7.20. The predicted molar refractivity (Wildman–Crippen MR) is 123 cm³/mol. The third kappa shape index (κ3) is 4.39. The Balaban J connectivity index is 1.67. The summed E-state index contributed by atoms with van der Waals surface area (Å²) in [7, 11) is 0. The van der Waals surface area contributed by atoms with Gasteiger partial charge in [0.15, 0.2) is 11.5 Å². The average Bonchev–Trinajstić information content (AvgIpc) is 3.40. The molecule has 0 spiro atoms. The zero-order valence-corrected chi connectivity index (χ0v) is 18.6. The third-order valence-electron chi connectivity index (χ3n) is 5.46. The highest BCUT2D eigenvalue weighted by atomic mass is 32.1. The summed E-state index contributed by atoms with van der Waals surface area (Å²) in [5, 5.41) is 3.67. The molecule has 1 aliphatic rings. The van der Waals surface area contributed by atoms with E-state index in [4.69, 9.17) is 4.42 Å². The molecule has 0 saturated carbocycles. The number of fused-ring (bicyclic) bond motifs is 3. The maximum absolute atomic E-state index is 13.2. The topological polar surface area (TPSA) is 87.8 Å². The number of rotatable bonds is 7. The minimum absolute atomic E-state index is 0.0738. The Labute approximate surface area is 185 Å². The number of amides is 1. The average molecular weight is 439 g/mol. The molecule has 0 fully saturated rings. The molecule has 3 aromatic heterocycles. The fraction of sp³-hybridized carbons (Fsp3) is 0.391. The van der Waals surface area contributed by atoms with Gasteiger partial charge in [-0.2, -0.15) is 0 Å². The summed E-state index contributed by atoms with van der Waals surface area (Å²) in [6.45, 7) is 5.01. The Bertz CT molecular complexity index is 1100. The lowest BCUT2D eigenvalue weighted by Gasteiger charge is -2.30. The first-order chi connectivity index (χ1) is 15.1. The molecule has 7 nitrogen and oxygen atoms in total. The van der Waals surface area contributed by atoms with Crippen molar-refractivity contribution in [1.29, 1.82) is 0 Å².